The average molecular weight is 201 g/mol. The van der Waals surface area contributed by atoms with Crippen LogP contribution < -0.4 is 5.32 Å². The Labute approximate surface area is 89.4 Å². The quantitative estimate of drug-likeness (QED) is 0.579. The van der Waals surface area contributed by atoms with E-state index in [9.17, 15) is 0 Å². The van der Waals surface area contributed by atoms with Crippen molar-refractivity contribution in [2.75, 3.05) is 19.8 Å². The van der Waals surface area contributed by atoms with E-state index in [0.29, 0.717) is 6.04 Å². The summed E-state index contributed by atoms with van der Waals surface area (Å²) < 4.78 is 5.55. The molecule has 1 atom stereocenters. The maximum atomic E-state index is 5.55. The fourth-order valence-electron chi connectivity index (χ4n) is 1.36. The van der Waals surface area contributed by atoms with E-state index in [1.165, 1.54) is 19.3 Å². The Morgan fingerprint density at radius 3 is 2.36 bits per heavy atom. The standard InChI is InChI=1S/C12H27NO/c1-5-13-12(4)7-6-9-14-10-8-11(2)3/h11-13H,5-10H2,1-4H3. The van der Waals surface area contributed by atoms with Crippen molar-refractivity contribution < 1.29 is 4.74 Å². The smallest absolute Gasteiger partial charge is 0.0468 e. The molecule has 0 aliphatic carbocycles. The van der Waals surface area contributed by atoms with E-state index in [4.69, 9.17) is 4.74 Å². The van der Waals surface area contributed by atoms with Crippen molar-refractivity contribution in [1.82, 2.24) is 5.32 Å². The molecule has 0 aromatic carbocycles. The van der Waals surface area contributed by atoms with Crippen LogP contribution in [0.15, 0.2) is 0 Å². The van der Waals surface area contributed by atoms with Crippen LogP contribution in [0.25, 0.3) is 0 Å². The van der Waals surface area contributed by atoms with Gasteiger partial charge in [0.1, 0.15) is 0 Å². The van der Waals surface area contributed by atoms with Gasteiger partial charge in [0.05, 0.1) is 0 Å². The molecule has 0 saturated carbocycles. The van der Waals surface area contributed by atoms with Gasteiger partial charge in [-0.3, -0.25) is 0 Å². The minimum Gasteiger partial charge on any atom is -0.381 e. The van der Waals surface area contributed by atoms with Crippen molar-refractivity contribution in [2.24, 2.45) is 5.92 Å². The first kappa shape index (κ1) is 13.9. The largest absolute Gasteiger partial charge is 0.381 e. The summed E-state index contributed by atoms with van der Waals surface area (Å²) in [6.07, 6.45) is 3.57. The van der Waals surface area contributed by atoms with Crippen LogP contribution in [-0.4, -0.2) is 25.8 Å². The lowest BCUT2D eigenvalue weighted by molar-refractivity contribution is 0.118. The van der Waals surface area contributed by atoms with E-state index in [0.717, 1.165) is 25.7 Å². The molecule has 1 unspecified atom stereocenters. The number of rotatable bonds is 9. The molecular weight excluding hydrogens is 174 g/mol. The number of nitrogens with one attached hydrogen (secondary N) is 1. The highest BCUT2D eigenvalue weighted by Gasteiger charge is 1.99. The van der Waals surface area contributed by atoms with Crippen LogP contribution in [0.4, 0.5) is 0 Å². The van der Waals surface area contributed by atoms with Gasteiger partial charge in [-0.1, -0.05) is 20.8 Å². The summed E-state index contributed by atoms with van der Waals surface area (Å²) in [5.41, 5.74) is 0. The lowest BCUT2D eigenvalue weighted by Gasteiger charge is -2.12. The Bertz CT molecular complexity index is 115. The van der Waals surface area contributed by atoms with Gasteiger partial charge in [-0.15, -0.1) is 0 Å². The van der Waals surface area contributed by atoms with Gasteiger partial charge >= 0.3 is 0 Å². The molecule has 0 rings (SSSR count). The molecule has 0 spiro atoms. The molecule has 1 N–H and O–H groups in total. The molecule has 0 aliphatic heterocycles. The number of hydrogen-bond acceptors (Lipinski definition) is 2. The fraction of sp³-hybridized carbons (Fsp3) is 1.00. The monoisotopic (exact) mass is 201 g/mol. The molecule has 2 heteroatoms. The van der Waals surface area contributed by atoms with Crippen molar-refractivity contribution in [2.45, 2.75) is 53.0 Å². The zero-order valence-electron chi connectivity index (χ0n) is 10.3. The summed E-state index contributed by atoms with van der Waals surface area (Å²) in [4.78, 5) is 0. The van der Waals surface area contributed by atoms with E-state index in [-0.39, 0.29) is 0 Å². The van der Waals surface area contributed by atoms with Crippen LogP contribution in [0.3, 0.4) is 0 Å². The molecule has 0 bridgehead atoms. The highest BCUT2D eigenvalue weighted by molar-refractivity contribution is 4.58. The van der Waals surface area contributed by atoms with E-state index in [1.807, 2.05) is 0 Å². The summed E-state index contributed by atoms with van der Waals surface area (Å²) in [5.74, 6) is 0.760. The Morgan fingerprint density at radius 1 is 1.07 bits per heavy atom. The van der Waals surface area contributed by atoms with E-state index >= 15 is 0 Å². The summed E-state index contributed by atoms with van der Waals surface area (Å²) in [5, 5.41) is 3.40. The van der Waals surface area contributed by atoms with Crippen LogP contribution in [0, 0.1) is 5.92 Å². The Kier molecular flexibility index (Phi) is 9.42. The van der Waals surface area contributed by atoms with Crippen LogP contribution in [0.5, 0.6) is 0 Å². The lowest BCUT2D eigenvalue weighted by Crippen LogP contribution is -2.25. The third kappa shape index (κ3) is 10.0. The first-order chi connectivity index (χ1) is 6.66. The van der Waals surface area contributed by atoms with Gasteiger partial charge in [0.25, 0.3) is 0 Å². The molecule has 0 aliphatic rings. The predicted molar refractivity (Wildman–Crippen MR) is 62.6 cm³/mol. The van der Waals surface area contributed by atoms with Crippen LogP contribution in [0.1, 0.15) is 47.0 Å². The first-order valence-corrected chi connectivity index (χ1v) is 5.98. The number of hydrogen-bond donors (Lipinski definition) is 1. The number of ether oxygens (including phenoxy) is 1. The van der Waals surface area contributed by atoms with Crippen LogP contribution in [0.2, 0.25) is 0 Å². The van der Waals surface area contributed by atoms with Crippen molar-refractivity contribution in [1.29, 1.82) is 0 Å². The van der Waals surface area contributed by atoms with Gasteiger partial charge in [-0.05, 0) is 38.6 Å². The third-order valence-corrected chi connectivity index (χ3v) is 2.32. The summed E-state index contributed by atoms with van der Waals surface area (Å²) in [7, 11) is 0. The van der Waals surface area contributed by atoms with Gasteiger partial charge < -0.3 is 10.1 Å². The molecule has 0 amide bonds. The van der Waals surface area contributed by atoms with Gasteiger partial charge in [-0.2, -0.15) is 0 Å². The normalized spacial score (nSPS) is 13.5. The summed E-state index contributed by atoms with van der Waals surface area (Å²) in [6.45, 7) is 11.8. The summed E-state index contributed by atoms with van der Waals surface area (Å²) in [6, 6.07) is 0.633. The minimum atomic E-state index is 0.633. The van der Waals surface area contributed by atoms with Gasteiger partial charge in [0, 0.05) is 19.3 Å². The van der Waals surface area contributed by atoms with E-state index in [1.54, 1.807) is 0 Å². The first-order valence-electron chi connectivity index (χ1n) is 5.98. The molecule has 86 valence electrons. The van der Waals surface area contributed by atoms with Crippen molar-refractivity contribution in [3.05, 3.63) is 0 Å². The average Bonchev–Trinajstić information content (AvgIpc) is 2.11. The van der Waals surface area contributed by atoms with Crippen LogP contribution >= 0.6 is 0 Å². The molecular formula is C12H27NO. The van der Waals surface area contributed by atoms with Crippen molar-refractivity contribution in [3.8, 4) is 0 Å². The minimum absolute atomic E-state index is 0.633. The Balaban J connectivity index is 3.05. The zero-order chi connectivity index (χ0) is 10.8. The van der Waals surface area contributed by atoms with Gasteiger partial charge in [0.2, 0.25) is 0 Å². The fourth-order valence-corrected chi connectivity index (χ4v) is 1.36. The Hall–Kier alpha value is -0.0800. The second kappa shape index (κ2) is 9.47. The van der Waals surface area contributed by atoms with E-state index < -0.39 is 0 Å². The highest BCUT2D eigenvalue weighted by Crippen LogP contribution is 2.01. The zero-order valence-corrected chi connectivity index (χ0v) is 10.3. The molecule has 0 saturated heterocycles. The second-order valence-electron chi connectivity index (χ2n) is 4.40. The molecule has 2 nitrogen and oxygen atoms in total. The van der Waals surface area contributed by atoms with Crippen molar-refractivity contribution in [3.63, 3.8) is 0 Å². The topological polar surface area (TPSA) is 21.3 Å². The molecule has 0 aromatic heterocycles. The summed E-state index contributed by atoms with van der Waals surface area (Å²) >= 11 is 0. The second-order valence-corrected chi connectivity index (χ2v) is 4.40. The maximum absolute atomic E-state index is 5.55. The molecule has 14 heavy (non-hydrogen) atoms. The molecule has 0 fully saturated rings. The van der Waals surface area contributed by atoms with Gasteiger partial charge in [-0.25, -0.2) is 0 Å². The third-order valence-electron chi connectivity index (χ3n) is 2.32. The predicted octanol–water partition coefficient (Wildman–Crippen LogP) is 2.83. The Morgan fingerprint density at radius 2 is 1.79 bits per heavy atom. The van der Waals surface area contributed by atoms with Crippen molar-refractivity contribution >= 4 is 0 Å². The highest BCUT2D eigenvalue weighted by atomic mass is 16.5. The molecule has 0 aromatic rings. The maximum Gasteiger partial charge on any atom is 0.0468 e. The lowest BCUT2D eigenvalue weighted by atomic mass is 10.1. The van der Waals surface area contributed by atoms with Crippen LogP contribution in [-0.2, 0) is 4.74 Å². The molecule has 0 radical (unpaired) electrons. The molecule has 0 heterocycles. The van der Waals surface area contributed by atoms with Gasteiger partial charge in [0.15, 0.2) is 0 Å². The van der Waals surface area contributed by atoms with E-state index in [2.05, 4.69) is 33.0 Å². The SMILES string of the molecule is CCNC(C)CCCOCCC(C)C.